The highest BCUT2D eigenvalue weighted by Crippen LogP contribution is 2.11. The fraction of sp³-hybridized carbons (Fsp3) is 0.400. The number of amides is 2. The van der Waals surface area contributed by atoms with Crippen LogP contribution in [0, 0.1) is 0 Å². The van der Waals surface area contributed by atoms with Crippen LogP contribution in [0.25, 0.3) is 0 Å². The molecule has 0 aliphatic carbocycles. The van der Waals surface area contributed by atoms with Gasteiger partial charge in [0.25, 0.3) is 5.91 Å². The number of likely N-dealkylation sites (N-methyl/N-ethyl adjacent to an activating group) is 2. The Balaban J connectivity index is 2.53. The van der Waals surface area contributed by atoms with Gasteiger partial charge in [-0.25, -0.2) is 4.79 Å². The minimum atomic E-state index is -0.710. The van der Waals surface area contributed by atoms with Gasteiger partial charge in [-0.15, -0.1) is 0 Å². The molecule has 2 amide bonds. The molecule has 22 heavy (non-hydrogen) atoms. The third kappa shape index (κ3) is 5.43. The second-order valence-electron chi connectivity index (χ2n) is 4.49. The fourth-order valence-corrected chi connectivity index (χ4v) is 1.74. The van der Waals surface area contributed by atoms with Crippen LogP contribution in [-0.2, 0) is 14.3 Å². The van der Waals surface area contributed by atoms with E-state index in [1.54, 1.807) is 13.8 Å². The number of phenolic OH excluding ortho intramolecular Hbond substituents is 1. The highest BCUT2D eigenvalue weighted by molar-refractivity contribution is 5.92. The van der Waals surface area contributed by atoms with Gasteiger partial charge >= 0.3 is 5.97 Å². The first-order chi connectivity index (χ1) is 10.5. The maximum atomic E-state index is 11.9. The number of phenols is 1. The number of hydrogen-bond acceptors (Lipinski definition) is 5. The molecule has 0 saturated heterocycles. The van der Waals surface area contributed by atoms with E-state index >= 15 is 0 Å². The molecule has 1 aromatic rings. The Hall–Kier alpha value is -2.57. The number of benzene rings is 1. The number of hydrogen-bond donors (Lipinski definition) is 2. The number of nitrogens with one attached hydrogen (secondary N) is 1. The van der Waals surface area contributed by atoms with Crippen LogP contribution in [0.3, 0.4) is 0 Å². The van der Waals surface area contributed by atoms with Crippen LogP contribution < -0.4 is 5.32 Å². The van der Waals surface area contributed by atoms with Crippen molar-refractivity contribution in [1.82, 2.24) is 10.2 Å². The van der Waals surface area contributed by atoms with Crippen molar-refractivity contribution in [2.45, 2.75) is 13.8 Å². The minimum Gasteiger partial charge on any atom is -0.508 e. The summed E-state index contributed by atoms with van der Waals surface area (Å²) in [5.74, 6) is -1.50. The maximum Gasteiger partial charge on any atom is 0.338 e. The van der Waals surface area contributed by atoms with Gasteiger partial charge in [0.2, 0.25) is 5.91 Å². The number of rotatable bonds is 7. The lowest BCUT2D eigenvalue weighted by Gasteiger charge is -2.20. The van der Waals surface area contributed by atoms with Crippen molar-refractivity contribution in [3.63, 3.8) is 0 Å². The smallest absolute Gasteiger partial charge is 0.338 e. The average molecular weight is 308 g/mol. The van der Waals surface area contributed by atoms with E-state index in [9.17, 15) is 19.5 Å². The molecule has 0 bridgehead atoms. The van der Waals surface area contributed by atoms with Crippen LogP contribution >= 0.6 is 0 Å². The van der Waals surface area contributed by atoms with Gasteiger partial charge in [-0.3, -0.25) is 9.59 Å². The van der Waals surface area contributed by atoms with Gasteiger partial charge in [-0.05, 0) is 32.0 Å². The first kappa shape index (κ1) is 17.5. The molecule has 2 N–H and O–H groups in total. The van der Waals surface area contributed by atoms with E-state index in [0.29, 0.717) is 13.1 Å². The summed E-state index contributed by atoms with van der Waals surface area (Å²) in [5.41, 5.74) is 0.152. The van der Waals surface area contributed by atoms with Crippen molar-refractivity contribution in [2.24, 2.45) is 0 Å². The van der Waals surface area contributed by atoms with E-state index in [2.05, 4.69) is 5.32 Å². The first-order valence-electron chi connectivity index (χ1n) is 6.98. The van der Waals surface area contributed by atoms with Crippen LogP contribution in [0.5, 0.6) is 5.75 Å². The van der Waals surface area contributed by atoms with E-state index in [0.717, 1.165) is 0 Å². The van der Waals surface area contributed by atoms with Gasteiger partial charge in [-0.1, -0.05) is 6.07 Å². The Morgan fingerprint density at radius 3 is 2.59 bits per heavy atom. The maximum absolute atomic E-state index is 11.9. The molecule has 7 nitrogen and oxygen atoms in total. The van der Waals surface area contributed by atoms with E-state index in [1.165, 1.54) is 29.2 Å². The highest BCUT2D eigenvalue weighted by Gasteiger charge is 2.17. The zero-order chi connectivity index (χ0) is 16.5. The molecule has 0 aliphatic heterocycles. The number of carbonyl (C=O) groups excluding carboxylic acids is 3. The molecule has 0 radical (unpaired) electrons. The third-order valence-electron chi connectivity index (χ3n) is 2.85. The van der Waals surface area contributed by atoms with E-state index in [1.807, 2.05) is 0 Å². The predicted octanol–water partition coefficient (Wildman–Crippen LogP) is 0.534. The number of ether oxygens (including phenoxy) is 1. The molecule has 1 rings (SSSR count). The van der Waals surface area contributed by atoms with Gasteiger partial charge < -0.3 is 20.1 Å². The van der Waals surface area contributed by atoms with Gasteiger partial charge in [0.05, 0.1) is 12.1 Å². The monoisotopic (exact) mass is 308 g/mol. The summed E-state index contributed by atoms with van der Waals surface area (Å²) in [7, 11) is 0. The van der Waals surface area contributed by atoms with Gasteiger partial charge in [0.1, 0.15) is 5.75 Å². The summed E-state index contributed by atoms with van der Waals surface area (Å²) < 4.78 is 4.90. The van der Waals surface area contributed by atoms with Crippen LogP contribution in [0.4, 0.5) is 0 Å². The number of aromatic hydroxyl groups is 1. The molecule has 0 fully saturated rings. The van der Waals surface area contributed by atoms with Crippen molar-refractivity contribution < 1.29 is 24.2 Å². The van der Waals surface area contributed by atoms with E-state index < -0.39 is 18.5 Å². The second kappa shape index (κ2) is 8.66. The zero-order valence-electron chi connectivity index (χ0n) is 12.7. The van der Waals surface area contributed by atoms with Crippen molar-refractivity contribution in [1.29, 1.82) is 0 Å². The van der Waals surface area contributed by atoms with Crippen LogP contribution in [0.1, 0.15) is 24.2 Å². The standard InChI is InChI=1S/C15H20N2O5/c1-3-16-13(19)9-17(4-2)14(20)10-22-15(21)11-6-5-7-12(18)8-11/h5-8,18H,3-4,9-10H2,1-2H3,(H,16,19). The average Bonchev–Trinajstić information content (AvgIpc) is 2.50. The molecular formula is C15H20N2O5. The Kier molecular flexibility index (Phi) is 6.88. The first-order valence-corrected chi connectivity index (χ1v) is 6.98. The summed E-state index contributed by atoms with van der Waals surface area (Å²) in [5, 5.41) is 11.9. The quantitative estimate of drug-likeness (QED) is 0.717. The molecule has 0 spiro atoms. The zero-order valence-corrected chi connectivity index (χ0v) is 12.7. The lowest BCUT2D eigenvalue weighted by Crippen LogP contribution is -2.42. The van der Waals surface area contributed by atoms with Crippen molar-refractivity contribution in [2.75, 3.05) is 26.2 Å². The van der Waals surface area contributed by atoms with E-state index in [-0.39, 0.29) is 23.8 Å². The molecule has 0 atom stereocenters. The minimum absolute atomic E-state index is 0.0628. The van der Waals surface area contributed by atoms with E-state index in [4.69, 9.17) is 4.74 Å². The number of carbonyl (C=O) groups is 3. The van der Waals surface area contributed by atoms with Crippen LogP contribution in [-0.4, -0.2) is 54.0 Å². The largest absolute Gasteiger partial charge is 0.508 e. The Morgan fingerprint density at radius 2 is 2.00 bits per heavy atom. The fourth-order valence-electron chi connectivity index (χ4n) is 1.74. The molecule has 1 aromatic carbocycles. The molecule has 120 valence electrons. The molecular weight excluding hydrogens is 288 g/mol. The highest BCUT2D eigenvalue weighted by atomic mass is 16.5. The Morgan fingerprint density at radius 1 is 1.27 bits per heavy atom. The van der Waals surface area contributed by atoms with Crippen molar-refractivity contribution in [3.05, 3.63) is 29.8 Å². The summed E-state index contributed by atoms with van der Waals surface area (Å²) in [6.45, 7) is 3.80. The summed E-state index contributed by atoms with van der Waals surface area (Å²) in [6, 6.07) is 5.65. The molecule has 0 unspecified atom stereocenters. The molecule has 0 saturated carbocycles. The molecule has 7 heteroatoms. The Labute approximate surface area is 128 Å². The molecule has 0 aromatic heterocycles. The number of nitrogens with zero attached hydrogens (tertiary/aromatic N) is 1. The summed E-state index contributed by atoms with van der Waals surface area (Å²) >= 11 is 0. The second-order valence-corrected chi connectivity index (χ2v) is 4.49. The summed E-state index contributed by atoms with van der Waals surface area (Å²) in [6.07, 6.45) is 0. The lowest BCUT2D eigenvalue weighted by molar-refractivity contribution is -0.138. The topological polar surface area (TPSA) is 95.9 Å². The summed E-state index contributed by atoms with van der Waals surface area (Å²) in [4.78, 5) is 36.5. The number of esters is 1. The van der Waals surface area contributed by atoms with Crippen molar-refractivity contribution >= 4 is 17.8 Å². The normalized spacial score (nSPS) is 9.91. The van der Waals surface area contributed by atoms with Gasteiger partial charge in [-0.2, -0.15) is 0 Å². The Bertz CT molecular complexity index is 544. The molecule has 0 aliphatic rings. The van der Waals surface area contributed by atoms with Crippen molar-refractivity contribution in [3.8, 4) is 5.75 Å². The SMILES string of the molecule is CCNC(=O)CN(CC)C(=O)COC(=O)c1cccc(O)c1. The van der Waals surface area contributed by atoms with Gasteiger partial charge in [0, 0.05) is 13.1 Å². The molecule has 0 heterocycles. The third-order valence-corrected chi connectivity index (χ3v) is 2.85. The predicted molar refractivity (Wildman–Crippen MR) is 79.3 cm³/mol. The lowest BCUT2D eigenvalue weighted by atomic mass is 10.2. The van der Waals surface area contributed by atoms with Gasteiger partial charge in [0.15, 0.2) is 6.61 Å². The van der Waals surface area contributed by atoms with Crippen LogP contribution in [0.15, 0.2) is 24.3 Å². The van der Waals surface area contributed by atoms with Crippen LogP contribution in [0.2, 0.25) is 0 Å².